The molecule has 0 fully saturated rings. The maximum atomic E-state index is 11.8. The number of carbonyl (C=O) groups is 1. The minimum atomic E-state index is -0.616. The predicted octanol–water partition coefficient (Wildman–Crippen LogP) is 3.21. The number of nitrogens with zero attached hydrogens (tertiary/aromatic N) is 1. The second-order valence-electron chi connectivity index (χ2n) is 4.20. The molecule has 0 aliphatic heterocycles. The number of halogens is 1. The molecule has 2 aromatic rings. The van der Waals surface area contributed by atoms with Crippen LogP contribution < -0.4 is 0 Å². The van der Waals surface area contributed by atoms with Gasteiger partial charge in [0.25, 0.3) is 0 Å². The molecule has 0 aliphatic carbocycles. The lowest BCUT2D eigenvalue weighted by Crippen LogP contribution is -2.25. The number of likely N-dealkylation sites (N-methyl/N-ethyl adjacent to an activating group) is 1. The number of carbonyl (C=O) groups excluding carboxylic acids is 1. The molecule has 0 spiro atoms. The average Bonchev–Trinajstić information content (AvgIpc) is 2.36. The van der Waals surface area contributed by atoms with Crippen LogP contribution >= 0.6 is 11.6 Å². The van der Waals surface area contributed by atoms with E-state index in [1.54, 1.807) is 14.1 Å². The molecule has 0 heterocycles. The Kier molecular flexibility index (Phi) is 3.34. The normalized spacial score (nSPS) is 12.4. The van der Waals surface area contributed by atoms with Gasteiger partial charge in [-0.15, -0.1) is 11.6 Å². The minimum absolute atomic E-state index is 0.0954. The number of rotatable bonds is 2. The van der Waals surface area contributed by atoms with Crippen LogP contribution in [0.4, 0.5) is 0 Å². The molecule has 0 radical (unpaired) electrons. The molecule has 1 amide bonds. The molecular formula is C14H14ClNO. The summed E-state index contributed by atoms with van der Waals surface area (Å²) in [5.41, 5.74) is 0.837. The Bertz CT molecular complexity index is 551. The monoisotopic (exact) mass is 247 g/mol. The molecule has 2 nitrogen and oxygen atoms in total. The van der Waals surface area contributed by atoms with Crippen molar-refractivity contribution in [1.29, 1.82) is 0 Å². The first-order valence-electron chi connectivity index (χ1n) is 5.43. The largest absolute Gasteiger partial charge is 0.347 e. The van der Waals surface area contributed by atoms with Crippen LogP contribution in [-0.2, 0) is 4.79 Å². The molecule has 2 rings (SSSR count). The number of benzene rings is 2. The van der Waals surface area contributed by atoms with Gasteiger partial charge >= 0.3 is 0 Å². The van der Waals surface area contributed by atoms with Gasteiger partial charge in [-0.25, -0.2) is 0 Å². The van der Waals surface area contributed by atoms with E-state index >= 15 is 0 Å². The Morgan fingerprint density at radius 1 is 1.12 bits per heavy atom. The quantitative estimate of drug-likeness (QED) is 0.747. The van der Waals surface area contributed by atoms with Crippen LogP contribution in [0.5, 0.6) is 0 Å². The average molecular weight is 248 g/mol. The van der Waals surface area contributed by atoms with E-state index in [4.69, 9.17) is 11.6 Å². The zero-order valence-corrected chi connectivity index (χ0v) is 10.6. The van der Waals surface area contributed by atoms with Gasteiger partial charge in [-0.2, -0.15) is 0 Å². The van der Waals surface area contributed by atoms with Crippen LogP contribution in [0, 0.1) is 0 Å². The van der Waals surface area contributed by atoms with Gasteiger partial charge in [0.15, 0.2) is 0 Å². The fraction of sp³-hybridized carbons (Fsp3) is 0.214. The number of alkyl halides is 1. The van der Waals surface area contributed by atoms with Gasteiger partial charge in [0, 0.05) is 14.1 Å². The molecule has 0 N–H and O–H groups in total. The molecule has 0 saturated carbocycles. The van der Waals surface area contributed by atoms with Gasteiger partial charge in [-0.05, 0) is 22.4 Å². The molecular weight excluding hydrogens is 234 g/mol. The Labute approximate surface area is 106 Å². The van der Waals surface area contributed by atoms with Gasteiger partial charge < -0.3 is 4.90 Å². The van der Waals surface area contributed by atoms with Crippen LogP contribution in [0.3, 0.4) is 0 Å². The third-order valence-electron chi connectivity index (χ3n) is 2.72. The van der Waals surface area contributed by atoms with Crippen LogP contribution in [0.2, 0.25) is 0 Å². The van der Waals surface area contributed by atoms with Gasteiger partial charge in [0.05, 0.1) is 0 Å². The maximum Gasteiger partial charge on any atom is 0.244 e. The summed E-state index contributed by atoms with van der Waals surface area (Å²) in [6, 6.07) is 13.9. The summed E-state index contributed by atoms with van der Waals surface area (Å²) in [5.74, 6) is -0.0954. The lowest BCUT2D eigenvalue weighted by molar-refractivity contribution is -0.128. The first kappa shape index (κ1) is 11.9. The number of hydrogen-bond acceptors (Lipinski definition) is 1. The van der Waals surface area contributed by atoms with Crippen molar-refractivity contribution >= 4 is 28.3 Å². The highest BCUT2D eigenvalue weighted by Crippen LogP contribution is 2.25. The third kappa shape index (κ3) is 2.42. The molecule has 1 atom stereocenters. The topological polar surface area (TPSA) is 20.3 Å². The zero-order valence-electron chi connectivity index (χ0n) is 9.85. The highest BCUT2D eigenvalue weighted by Gasteiger charge is 2.19. The number of fused-ring (bicyclic) bond motifs is 1. The lowest BCUT2D eigenvalue weighted by atomic mass is 10.0. The summed E-state index contributed by atoms with van der Waals surface area (Å²) in [6.07, 6.45) is 0. The number of hydrogen-bond donors (Lipinski definition) is 0. The first-order valence-corrected chi connectivity index (χ1v) is 5.87. The van der Waals surface area contributed by atoms with Crippen LogP contribution in [0.1, 0.15) is 10.9 Å². The van der Waals surface area contributed by atoms with Crippen LogP contribution in [0.15, 0.2) is 42.5 Å². The molecule has 3 heteroatoms. The van der Waals surface area contributed by atoms with Gasteiger partial charge in [0.1, 0.15) is 5.38 Å². The predicted molar refractivity (Wildman–Crippen MR) is 71.2 cm³/mol. The lowest BCUT2D eigenvalue weighted by Gasteiger charge is -2.15. The van der Waals surface area contributed by atoms with Crippen molar-refractivity contribution in [3.8, 4) is 0 Å². The second kappa shape index (κ2) is 4.76. The summed E-state index contributed by atoms with van der Waals surface area (Å²) in [7, 11) is 3.41. The Morgan fingerprint density at radius 3 is 2.41 bits per heavy atom. The number of amides is 1. The van der Waals surface area contributed by atoms with E-state index in [2.05, 4.69) is 0 Å². The van der Waals surface area contributed by atoms with Crippen molar-refractivity contribution in [1.82, 2.24) is 4.90 Å². The highest BCUT2D eigenvalue weighted by molar-refractivity contribution is 6.30. The molecule has 0 saturated heterocycles. The van der Waals surface area contributed by atoms with Gasteiger partial charge in [-0.3, -0.25) is 4.79 Å². The van der Waals surface area contributed by atoms with Crippen LogP contribution in [0.25, 0.3) is 10.8 Å². The van der Waals surface area contributed by atoms with E-state index in [1.807, 2.05) is 42.5 Å². The van der Waals surface area contributed by atoms with E-state index in [0.29, 0.717) is 0 Å². The molecule has 2 aromatic carbocycles. The van der Waals surface area contributed by atoms with E-state index in [1.165, 1.54) is 4.90 Å². The van der Waals surface area contributed by atoms with Crippen molar-refractivity contribution in [2.75, 3.05) is 14.1 Å². The zero-order chi connectivity index (χ0) is 12.4. The van der Waals surface area contributed by atoms with Crippen molar-refractivity contribution in [2.24, 2.45) is 0 Å². The second-order valence-corrected chi connectivity index (χ2v) is 4.64. The third-order valence-corrected chi connectivity index (χ3v) is 3.16. The van der Waals surface area contributed by atoms with Crippen LogP contribution in [-0.4, -0.2) is 24.9 Å². The van der Waals surface area contributed by atoms with E-state index in [0.717, 1.165) is 16.3 Å². The molecule has 1 unspecified atom stereocenters. The van der Waals surface area contributed by atoms with Crippen molar-refractivity contribution < 1.29 is 4.79 Å². The maximum absolute atomic E-state index is 11.8. The summed E-state index contributed by atoms with van der Waals surface area (Å²) >= 11 is 6.16. The SMILES string of the molecule is CN(C)C(=O)C(Cl)c1ccc2ccccc2c1. The Hall–Kier alpha value is -1.54. The van der Waals surface area contributed by atoms with Crippen molar-refractivity contribution in [2.45, 2.75) is 5.38 Å². The summed E-state index contributed by atoms with van der Waals surface area (Å²) in [5, 5.41) is 1.63. The molecule has 17 heavy (non-hydrogen) atoms. The Morgan fingerprint density at radius 2 is 1.76 bits per heavy atom. The fourth-order valence-corrected chi connectivity index (χ4v) is 2.07. The standard InChI is InChI=1S/C14H14ClNO/c1-16(2)14(17)13(15)12-8-7-10-5-3-4-6-11(10)9-12/h3-9,13H,1-2H3. The van der Waals surface area contributed by atoms with E-state index < -0.39 is 5.38 Å². The summed E-state index contributed by atoms with van der Waals surface area (Å²) < 4.78 is 0. The summed E-state index contributed by atoms with van der Waals surface area (Å²) in [4.78, 5) is 13.3. The Balaban J connectivity index is 2.39. The molecule has 0 aromatic heterocycles. The van der Waals surface area contributed by atoms with E-state index in [9.17, 15) is 4.79 Å². The highest BCUT2D eigenvalue weighted by atomic mass is 35.5. The molecule has 88 valence electrons. The minimum Gasteiger partial charge on any atom is -0.347 e. The summed E-state index contributed by atoms with van der Waals surface area (Å²) in [6.45, 7) is 0. The smallest absolute Gasteiger partial charge is 0.244 e. The van der Waals surface area contributed by atoms with Crippen molar-refractivity contribution in [3.63, 3.8) is 0 Å². The van der Waals surface area contributed by atoms with E-state index in [-0.39, 0.29) is 5.91 Å². The first-order chi connectivity index (χ1) is 8.09. The van der Waals surface area contributed by atoms with Gasteiger partial charge in [0.2, 0.25) is 5.91 Å². The van der Waals surface area contributed by atoms with Crippen molar-refractivity contribution in [3.05, 3.63) is 48.0 Å². The van der Waals surface area contributed by atoms with Gasteiger partial charge in [-0.1, -0.05) is 36.4 Å². The molecule has 0 bridgehead atoms. The molecule has 0 aliphatic rings. The fourth-order valence-electron chi connectivity index (χ4n) is 1.73.